The fourth-order valence-electron chi connectivity index (χ4n) is 4.78. The largest absolute Gasteiger partial charge is 0.410 e. The molecule has 3 aromatic heterocycles. The number of imidazole rings is 1. The lowest BCUT2D eigenvalue weighted by Gasteiger charge is -2.33. The zero-order valence-corrected chi connectivity index (χ0v) is 20.0. The third kappa shape index (κ3) is 5.24. The Kier molecular flexibility index (Phi) is 6.43. The maximum Gasteiger partial charge on any atom is 0.410 e. The number of amides is 3. The predicted octanol–water partition coefficient (Wildman–Crippen LogP) is 3.17. The number of alkyl halides is 5. The Balaban J connectivity index is 1.38. The molecule has 0 bridgehead atoms. The van der Waals surface area contributed by atoms with Gasteiger partial charge in [0.15, 0.2) is 11.3 Å². The number of hydrogen-bond donors (Lipinski definition) is 2. The van der Waals surface area contributed by atoms with Crippen LogP contribution in [0.5, 0.6) is 0 Å². The van der Waals surface area contributed by atoms with Crippen molar-refractivity contribution in [3.05, 3.63) is 41.1 Å². The van der Waals surface area contributed by atoms with E-state index in [0.29, 0.717) is 16.9 Å². The van der Waals surface area contributed by atoms with Crippen LogP contribution in [0.3, 0.4) is 0 Å². The maximum atomic E-state index is 13.8. The fraction of sp³-hybridized carbons (Fsp3) is 0.545. The monoisotopic (exact) mass is 542 g/mol. The Bertz CT molecular complexity index is 1350. The number of aryl methyl sites for hydroxylation is 1. The average molecular weight is 542 g/mol. The molecule has 11 nitrogen and oxygen atoms in total. The van der Waals surface area contributed by atoms with Crippen molar-refractivity contribution in [3.63, 3.8) is 0 Å². The molecule has 0 radical (unpaired) electrons. The summed E-state index contributed by atoms with van der Waals surface area (Å²) in [4.78, 5) is 30.4. The van der Waals surface area contributed by atoms with Gasteiger partial charge in [-0.05, 0) is 42.5 Å². The van der Waals surface area contributed by atoms with E-state index < -0.39 is 42.7 Å². The summed E-state index contributed by atoms with van der Waals surface area (Å²) in [7, 11) is 0. The Morgan fingerprint density at radius 2 is 2.03 bits per heavy atom. The van der Waals surface area contributed by atoms with E-state index in [0.717, 1.165) is 4.90 Å². The first kappa shape index (κ1) is 25.8. The van der Waals surface area contributed by atoms with E-state index in [9.17, 15) is 31.5 Å². The Labute approximate surface area is 211 Å². The summed E-state index contributed by atoms with van der Waals surface area (Å²) in [6.45, 7) is 0.875. The predicted molar refractivity (Wildman–Crippen MR) is 118 cm³/mol. The van der Waals surface area contributed by atoms with Gasteiger partial charge in [-0.15, -0.1) is 0 Å². The third-order valence-electron chi connectivity index (χ3n) is 6.86. The number of carbonyl (C=O) groups is 2. The van der Waals surface area contributed by atoms with Crippen molar-refractivity contribution in [1.29, 1.82) is 0 Å². The topological polar surface area (TPSA) is 131 Å². The number of rotatable bonds is 6. The number of aromatic nitrogens is 5. The number of halogens is 5. The molecule has 2 N–H and O–H groups in total. The molecule has 38 heavy (non-hydrogen) atoms. The molecule has 0 spiro atoms. The molecule has 3 amide bonds. The first-order valence-corrected chi connectivity index (χ1v) is 11.8. The third-order valence-corrected chi connectivity index (χ3v) is 6.86. The Hall–Kier alpha value is -3.85. The van der Waals surface area contributed by atoms with Gasteiger partial charge in [-0.1, -0.05) is 5.16 Å². The summed E-state index contributed by atoms with van der Waals surface area (Å²) >= 11 is 0. The standard InChI is InChI=1S/C22H23F5N8O3/c1-11-17(33-38-32-11)19(36)31-18(13-2-4-21(23,24)5-3-13)14-9-35-16(29-14)6-12(7-28-35)8-34-10-15(22(25,26)27)30-20(34)37/h6-7,9,13,15,18H,2-5,8,10H2,1H3,(H,30,37)(H,31,36)/t15-,18-/m0/s1. The van der Waals surface area contributed by atoms with Gasteiger partial charge < -0.3 is 15.5 Å². The highest BCUT2D eigenvalue weighted by Gasteiger charge is 2.47. The van der Waals surface area contributed by atoms with E-state index in [-0.39, 0.29) is 49.5 Å². The number of hydrogen-bond acceptors (Lipinski definition) is 7. The first-order chi connectivity index (χ1) is 17.9. The minimum Gasteiger partial charge on any atom is -0.342 e. The zero-order chi connectivity index (χ0) is 27.2. The molecule has 2 aliphatic rings. The van der Waals surface area contributed by atoms with Gasteiger partial charge in [-0.25, -0.2) is 27.7 Å². The van der Waals surface area contributed by atoms with E-state index in [4.69, 9.17) is 0 Å². The van der Waals surface area contributed by atoms with Gasteiger partial charge in [0.25, 0.3) is 5.91 Å². The summed E-state index contributed by atoms with van der Waals surface area (Å²) in [5.41, 5.74) is 1.33. The van der Waals surface area contributed by atoms with Gasteiger partial charge in [0.2, 0.25) is 5.92 Å². The van der Waals surface area contributed by atoms with Crippen molar-refractivity contribution in [2.24, 2.45) is 5.92 Å². The van der Waals surface area contributed by atoms with Crippen LogP contribution in [0.2, 0.25) is 0 Å². The molecule has 3 aromatic rings. The highest BCUT2D eigenvalue weighted by molar-refractivity contribution is 5.93. The normalized spacial score (nSPS) is 21.1. The molecule has 1 saturated carbocycles. The molecule has 1 aliphatic heterocycles. The van der Waals surface area contributed by atoms with Crippen LogP contribution < -0.4 is 10.6 Å². The van der Waals surface area contributed by atoms with Gasteiger partial charge in [0.05, 0.1) is 30.7 Å². The summed E-state index contributed by atoms with van der Waals surface area (Å²) in [6.07, 6.45) is -2.00. The minimum absolute atomic E-state index is 0.0404. The van der Waals surface area contributed by atoms with E-state index in [1.807, 2.05) is 5.32 Å². The second kappa shape index (κ2) is 9.47. The van der Waals surface area contributed by atoms with Crippen LogP contribution in [0.15, 0.2) is 23.1 Å². The number of fused-ring (bicyclic) bond motifs is 1. The maximum absolute atomic E-state index is 13.8. The second-order valence-electron chi connectivity index (χ2n) is 9.60. The van der Waals surface area contributed by atoms with Crippen LogP contribution in [0.25, 0.3) is 5.65 Å². The number of carbonyl (C=O) groups excluding carboxylic acids is 2. The lowest BCUT2D eigenvalue weighted by molar-refractivity contribution is -0.149. The van der Waals surface area contributed by atoms with E-state index in [2.05, 4.69) is 30.3 Å². The number of nitrogens with one attached hydrogen (secondary N) is 2. The summed E-state index contributed by atoms with van der Waals surface area (Å²) in [5.74, 6) is -3.73. The fourth-order valence-corrected chi connectivity index (χ4v) is 4.78. The molecule has 4 heterocycles. The molecule has 0 unspecified atom stereocenters. The number of nitrogens with zero attached hydrogens (tertiary/aromatic N) is 6. The van der Waals surface area contributed by atoms with Gasteiger partial charge in [-0.2, -0.15) is 18.3 Å². The first-order valence-electron chi connectivity index (χ1n) is 11.8. The molecule has 0 aromatic carbocycles. The molecule has 1 saturated heterocycles. The van der Waals surface area contributed by atoms with Gasteiger partial charge in [0, 0.05) is 19.4 Å². The van der Waals surface area contributed by atoms with Crippen LogP contribution in [-0.2, 0) is 6.54 Å². The highest BCUT2D eigenvalue weighted by atomic mass is 19.4. The van der Waals surface area contributed by atoms with Crippen LogP contribution in [0.1, 0.15) is 59.2 Å². The quantitative estimate of drug-likeness (QED) is 0.458. The van der Waals surface area contributed by atoms with Gasteiger partial charge in [-0.3, -0.25) is 4.79 Å². The Morgan fingerprint density at radius 1 is 1.29 bits per heavy atom. The van der Waals surface area contributed by atoms with Crippen molar-refractivity contribution < 1.29 is 36.2 Å². The molecule has 16 heteroatoms. The van der Waals surface area contributed by atoms with E-state index >= 15 is 0 Å². The summed E-state index contributed by atoms with van der Waals surface area (Å²) < 4.78 is 72.6. The summed E-state index contributed by atoms with van der Waals surface area (Å²) in [6, 6.07) is -1.99. The smallest absolute Gasteiger partial charge is 0.342 e. The molecule has 1 aliphatic carbocycles. The Morgan fingerprint density at radius 3 is 2.66 bits per heavy atom. The van der Waals surface area contributed by atoms with E-state index in [1.165, 1.54) is 17.6 Å². The molecule has 2 fully saturated rings. The van der Waals surface area contributed by atoms with Crippen molar-refractivity contribution in [3.8, 4) is 0 Å². The lowest BCUT2D eigenvalue weighted by Crippen LogP contribution is -2.40. The van der Waals surface area contributed by atoms with Crippen molar-refractivity contribution in [2.75, 3.05) is 6.54 Å². The van der Waals surface area contributed by atoms with Crippen LogP contribution >= 0.6 is 0 Å². The SMILES string of the molecule is Cc1nonc1C(=O)N[C@H](c1cn2ncc(CN3C[C@@H](C(F)(F)F)NC3=O)cc2n1)C1CCC(F)(F)CC1. The van der Waals surface area contributed by atoms with Gasteiger partial charge in [0.1, 0.15) is 11.7 Å². The second-order valence-corrected chi connectivity index (χ2v) is 9.60. The molecular formula is C22H23F5N8O3. The van der Waals surface area contributed by atoms with Crippen molar-refractivity contribution in [2.45, 2.75) is 63.3 Å². The number of urea groups is 1. The zero-order valence-electron chi connectivity index (χ0n) is 20.0. The van der Waals surface area contributed by atoms with Crippen LogP contribution in [-0.4, -0.2) is 66.4 Å². The van der Waals surface area contributed by atoms with Gasteiger partial charge >= 0.3 is 12.2 Å². The van der Waals surface area contributed by atoms with E-state index in [1.54, 1.807) is 12.3 Å². The molecular weight excluding hydrogens is 519 g/mol. The molecule has 204 valence electrons. The average Bonchev–Trinajstić information content (AvgIpc) is 3.56. The highest BCUT2D eigenvalue weighted by Crippen LogP contribution is 2.41. The van der Waals surface area contributed by atoms with Crippen LogP contribution in [0.4, 0.5) is 26.7 Å². The summed E-state index contributed by atoms with van der Waals surface area (Å²) in [5, 5.41) is 16.1. The van der Waals surface area contributed by atoms with Crippen molar-refractivity contribution >= 4 is 17.6 Å². The molecule has 2 atom stereocenters. The van der Waals surface area contributed by atoms with Crippen LogP contribution in [0, 0.1) is 12.8 Å². The van der Waals surface area contributed by atoms with Crippen molar-refractivity contribution in [1.82, 2.24) is 40.4 Å². The lowest BCUT2D eigenvalue weighted by atomic mass is 9.81. The minimum atomic E-state index is -4.56. The molecule has 5 rings (SSSR count).